The number of ether oxygens (including phenoxy) is 2. The Morgan fingerprint density at radius 3 is 2.78 bits per heavy atom. The number of nitrogens with zero attached hydrogens (tertiary/aromatic N) is 2. The Hall–Kier alpha value is -3.09. The van der Waals surface area contributed by atoms with Crippen LogP contribution in [0.2, 0.25) is 0 Å². The fourth-order valence-electron chi connectivity index (χ4n) is 1.91. The predicted molar refractivity (Wildman–Crippen MR) is 88.5 cm³/mol. The van der Waals surface area contributed by atoms with Crippen LogP contribution in [0.15, 0.2) is 47.6 Å². The van der Waals surface area contributed by atoms with Gasteiger partial charge in [0.2, 0.25) is 0 Å². The zero-order chi connectivity index (χ0) is 16.7. The largest absolute Gasteiger partial charge is 0.493 e. The van der Waals surface area contributed by atoms with Gasteiger partial charge in [0.15, 0.2) is 11.5 Å². The number of nitro groups is 1. The maximum atomic E-state index is 10.7. The van der Waals surface area contributed by atoms with Crippen LogP contribution in [0.4, 0.5) is 11.4 Å². The average Bonchev–Trinajstić information content (AvgIpc) is 2.56. The standard InChI is InChI=1S/C16H17N3O4/c1-3-23-16-9-12(7-8-15(16)22-2)11-17-18-13-5-4-6-14(10-13)19(20)21/h4-11,18H,3H2,1-2H3/b17-11-. The van der Waals surface area contributed by atoms with Crippen molar-refractivity contribution in [2.45, 2.75) is 6.92 Å². The fraction of sp³-hybridized carbons (Fsp3) is 0.188. The molecule has 0 aliphatic carbocycles. The number of anilines is 1. The molecular weight excluding hydrogens is 298 g/mol. The van der Waals surface area contributed by atoms with Crippen LogP contribution in [0.5, 0.6) is 11.5 Å². The van der Waals surface area contributed by atoms with E-state index in [2.05, 4.69) is 10.5 Å². The first-order chi connectivity index (χ1) is 11.1. The van der Waals surface area contributed by atoms with E-state index in [1.807, 2.05) is 13.0 Å². The fourth-order valence-corrected chi connectivity index (χ4v) is 1.91. The molecule has 0 spiro atoms. The number of nitro benzene ring substituents is 1. The maximum Gasteiger partial charge on any atom is 0.271 e. The lowest BCUT2D eigenvalue weighted by Crippen LogP contribution is -1.97. The van der Waals surface area contributed by atoms with Crippen LogP contribution in [0, 0.1) is 10.1 Å². The molecule has 23 heavy (non-hydrogen) atoms. The van der Waals surface area contributed by atoms with E-state index in [1.54, 1.807) is 37.6 Å². The first-order valence-electron chi connectivity index (χ1n) is 6.98. The minimum Gasteiger partial charge on any atom is -0.493 e. The van der Waals surface area contributed by atoms with Crippen molar-refractivity contribution >= 4 is 17.6 Å². The third-order valence-electron chi connectivity index (χ3n) is 2.95. The number of nitrogens with one attached hydrogen (secondary N) is 1. The van der Waals surface area contributed by atoms with Gasteiger partial charge in [-0.15, -0.1) is 0 Å². The van der Waals surface area contributed by atoms with Gasteiger partial charge in [-0.1, -0.05) is 6.07 Å². The van der Waals surface area contributed by atoms with Gasteiger partial charge in [-0.2, -0.15) is 5.10 Å². The summed E-state index contributed by atoms with van der Waals surface area (Å²) in [4.78, 5) is 10.3. The van der Waals surface area contributed by atoms with E-state index < -0.39 is 4.92 Å². The molecule has 0 aromatic heterocycles. The molecule has 0 saturated heterocycles. The number of hydrazone groups is 1. The predicted octanol–water partition coefficient (Wildman–Crippen LogP) is 3.45. The number of non-ortho nitro benzene ring substituents is 1. The summed E-state index contributed by atoms with van der Waals surface area (Å²) in [6, 6.07) is 11.6. The number of methoxy groups -OCH3 is 1. The van der Waals surface area contributed by atoms with E-state index in [0.717, 1.165) is 5.56 Å². The molecule has 7 nitrogen and oxygen atoms in total. The lowest BCUT2D eigenvalue weighted by atomic mass is 10.2. The molecule has 120 valence electrons. The second-order valence-electron chi connectivity index (χ2n) is 4.52. The Labute approximate surface area is 133 Å². The molecule has 0 heterocycles. The van der Waals surface area contributed by atoms with Crippen molar-refractivity contribution in [1.82, 2.24) is 0 Å². The molecule has 2 aromatic rings. The average molecular weight is 315 g/mol. The number of hydrogen-bond donors (Lipinski definition) is 1. The van der Waals surface area contributed by atoms with Crippen molar-refractivity contribution in [2.75, 3.05) is 19.1 Å². The van der Waals surface area contributed by atoms with E-state index in [9.17, 15) is 10.1 Å². The quantitative estimate of drug-likeness (QED) is 0.480. The van der Waals surface area contributed by atoms with Crippen molar-refractivity contribution < 1.29 is 14.4 Å². The Kier molecular flexibility index (Phi) is 5.51. The molecule has 0 saturated carbocycles. The second-order valence-corrected chi connectivity index (χ2v) is 4.52. The summed E-state index contributed by atoms with van der Waals surface area (Å²) >= 11 is 0. The van der Waals surface area contributed by atoms with E-state index in [1.165, 1.54) is 12.1 Å². The van der Waals surface area contributed by atoms with E-state index in [-0.39, 0.29) is 5.69 Å². The summed E-state index contributed by atoms with van der Waals surface area (Å²) < 4.78 is 10.7. The highest BCUT2D eigenvalue weighted by molar-refractivity contribution is 5.81. The third-order valence-corrected chi connectivity index (χ3v) is 2.95. The van der Waals surface area contributed by atoms with Crippen LogP contribution >= 0.6 is 0 Å². The summed E-state index contributed by atoms with van der Waals surface area (Å²) in [6.07, 6.45) is 1.60. The highest BCUT2D eigenvalue weighted by atomic mass is 16.6. The number of rotatable bonds is 7. The zero-order valence-corrected chi connectivity index (χ0v) is 12.9. The summed E-state index contributed by atoms with van der Waals surface area (Å²) in [7, 11) is 1.58. The summed E-state index contributed by atoms with van der Waals surface area (Å²) in [6.45, 7) is 2.42. The number of benzene rings is 2. The van der Waals surface area contributed by atoms with E-state index >= 15 is 0 Å². The smallest absolute Gasteiger partial charge is 0.271 e. The molecule has 0 aliphatic rings. The van der Waals surface area contributed by atoms with Crippen molar-refractivity contribution in [1.29, 1.82) is 0 Å². The van der Waals surface area contributed by atoms with Crippen LogP contribution in [0.3, 0.4) is 0 Å². The Morgan fingerprint density at radius 2 is 2.09 bits per heavy atom. The summed E-state index contributed by atoms with van der Waals surface area (Å²) in [5.41, 5.74) is 4.12. The van der Waals surface area contributed by atoms with Gasteiger partial charge in [0.1, 0.15) is 0 Å². The van der Waals surface area contributed by atoms with Crippen molar-refractivity contribution in [2.24, 2.45) is 5.10 Å². The number of hydrogen-bond acceptors (Lipinski definition) is 6. The molecule has 7 heteroatoms. The molecule has 2 aromatic carbocycles. The van der Waals surface area contributed by atoms with Gasteiger partial charge in [0.25, 0.3) is 5.69 Å². The topological polar surface area (TPSA) is 86.0 Å². The molecule has 0 amide bonds. The molecule has 1 N–H and O–H groups in total. The monoisotopic (exact) mass is 315 g/mol. The van der Waals surface area contributed by atoms with Crippen molar-refractivity contribution in [3.8, 4) is 11.5 Å². The highest BCUT2D eigenvalue weighted by Crippen LogP contribution is 2.27. The third kappa shape index (κ3) is 4.44. The van der Waals surface area contributed by atoms with Crippen LogP contribution in [0.1, 0.15) is 12.5 Å². The lowest BCUT2D eigenvalue weighted by Gasteiger charge is -2.09. The Bertz CT molecular complexity index is 716. The Balaban J connectivity index is 2.09. The molecule has 0 aliphatic heterocycles. The first kappa shape index (κ1) is 16.3. The van der Waals surface area contributed by atoms with Crippen molar-refractivity contribution in [3.05, 3.63) is 58.1 Å². The van der Waals surface area contributed by atoms with E-state index in [0.29, 0.717) is 23.8 Å². The minimum absolute atomic E-state index is 0.00767. The summed E-state index contributed by atoms with van der Waals surface area (Å²) in [5, 5.41) is 14.8. The van der Waals surface area contributed by atoms with E-state index in [4.69, 9.17) is 9.47 Å². The maximum absolute atomic E-state index is 10.7. The van der Waals surface area contributed by atoms with Crippen LogP contribution in [-0.4, -0.2) is 24.9 Å². The minimum atomic E-state index is -0.452. The van der Waals surface area contributed by atoms with Crippen LogP contribution in [-0.2, 0) is 0 Å². The lowest BCUT2D eigenvalue weighted by molar-refractivity contribution is -0.384. The molecule has 2 rings (SSSR count). The molecular formula is C16H17N3O4. The summed E-state index contributed by atoms with van der Waals surface area (Å²) in [5.74, 6) is 1.28. The zero-order valence-electron chi connectivity index (χ0n) is 12.9. The van der Waals surface area contributed by atoms with Crippen molar-refractivity contribution in [3.63, 3.8) is 0 Å². The van der Waals surface area contributed by atoms with Crippen LogP contribution in [0.25, 0.3) is 0 Å². The normalized spacial score (nSPS) is 10.5. The van der Waals surface area contributed by atoms with Gasteiger partial charge < -0.3 is 9.47 Å². The second kappa shape index (κ2) is 7.79. The molecule has 0 unspecified atom stereocenters. The molecule has 0 radical (unpaired) electrons. The molecule has 0 atom stereocenters. The van der Waals surface area contributed by atoms with Crippen LogP contribution < -0.4 is 14.9 Å². The van der Waals surface area contributed by atoms with Gasteiger partial charge in [-0.05, 0) is 36.8 Å². The Morgan fingerprint density at radius 1 is 1.26 bits per heavy atom. The van der Waals surface area contributed by atoms with Gasteiger partial charge >= 0.3 is 0 Å². The van der Waals surface area contributed by atoms with Gasteiger partial charge in [0, 0.05) is 12.1 Å². The first-order valence-corrected chi connectivity index (χ1v) is 6.98. The van der Waals surface area contributed by atoms with Gasteiger partial charge in [-0.3, -0.25) is 15.5 Å². The highest BCUT2D eigenvalue weighted by Gasteiger charge is 2.05. The molecule has 0 fully saturated rings. The SMILES string of the molecule is CCOc1cc(/C=N\Nc2cccc([N+](=O)[O-])c2)ccc1OC. The van der Waals surface area contributed by atoms with Gasteiger partial charge in [0.05, 0.1) is 30.5 Å². The van der Waals surface area contributed by atoms with Gasteiger partial charge in [-0.25, -0.2) is 0 Å². The molecule has 0 bridgehead atoms.